The first-order chi connectivity index (χ1) is 17.5. The van der Waals surface area contributed by atoms with Crippen molar-refractivity contribution in [2.75, 3.05) is 44.8 Å². The van der Waals surface area contributed by atoms with Gasteiger partial charge in [0.2, 0.25) is 0 Å². The highest BCUT2D eigenvalue weighted by Crippen LogP contribution is 2.41. The number of thiazole rings is 1. The van der Waals surface area contributed by atoms with E-state index >= 15 is 0 Å². The number of benzene rings is 1. The number of nitrogen functional groups attached to an aromatic ring is 2. The number of anilines is 2. The maximum atomic E-state index is 6.19. The van der Waals surface area contributed by atoms with Gasteiger partial charge in [-0.2, -0.15) is 0 Å². The Balaban J connectivity index is 1.53. The first kappa shape index (κ1) is 26.5. The lowest BCUT2D eigenvalue weighted by molar-refractivity contribution is 0.180. The van der Waals surface area contributed by atoms with Crippen LogP contribution in [0, 0.1) is 0 Å². The number of ether oxygens (including phenoxy) is 2. The third-order valence-corrected chi connectivity index (χ3v) is 8.29. The SMILES string of the molecule is CCCc1sc(-c2ccc(OC)c(OCCN3CCCCC3)c2)nc1C(C)Sc1nc(N)cc(N)n1. The minimum atomic E-state index is 0.0521. The first-order valence-corrected chi connectivity index (χ1v) is 14.3. The summed E-state index contributed by atoms with van der Waals surface area (Å²) in [5, 5.41) is 1.58. The Morgan fingerprint density at radius 3 is 2.50 bits per heavy atom. The molecule has 1 unspecified atom stereocenters. The minimum Gasteiger partial charge on any atom is -0.493 e. The van der Waals surface area contributed by atoms with Gasteiger partial charge < -0.3 is 20.9 Å². The van der Waals surface area contributed by atoms with Crippen LogP contribution in [0.1, 0.15) is 55.4 Å². The molecule has 4 N–H and O–H groups in total. The van der Waals surface area contributed by atoms with Crippen molar-refractivity contribution in [1.82, 2.24) is 19.9 Å². The molecule has 0 radical (unpaired) electrons. The van der Waals surface area contributed by atoms with Crippen LogP contribution >= 0.6 is 23.1 Å². The molecule has 0 saturated carbocycles. The quantitative estimate of drug-likeness (QED) is 0.248. The van der Waals surface area contributed by atoms with E-state index in [2.05, 4.69) is 28.7 Å². The molecule has 1 fully saturated rings. The molecule has 8 nitrogen and oxygen atoms in total. The molecular formula is C26H36N6O2S2. The predicted molar refractivity (Wildman–Crippen MR) is 149 cm³/mol. The van der Waals surface area contributed by atoms with Gasteiger partial charge in [0.15, 0.2) is 16.7 Å². The van der Waals surface area contributed by atoms with Gasteiger partial charge >= 0.3 is 0 Å². The summed E-state index contributed by atoms with van der Waals surface area (Å²) in [6.45, 7) is 8.19. The van der Waals surface area contributed by atoms with E-state index in [1.54, 1.807) is 24.5 Å². The molecule has 1 aromatic carbocycles. The van der Waals surface area contributed by atoms with Gasteiger partial charge in [-0.05, 0) is 57.5 Å². The summed E-state index contributed by atoms with van der Waals surface area (Å²) in [4.78, 5) is 17.5. The summed E-state index contributed by atoms with van der Waals surface area (Å²) in [5.41, 5.74) is 13.8. The largest absolute Gasteiger partial charge is 0.493 e. The highest BCUT2D eigenvalue weighted by atomic mass is 32.2. The van der Waals surface area contributed by atoms with Crippen molar-refractivity contribution in [3.05, 3.63) is 34.8 Å². The maximum absolute atomic E-state index is 6.19. The van der Waals surface area contributed by atoms with Crippen LogP contribution in [-0.4, -0.2) is 53.2 Å². The van der Waals surface area contributed by atoms with E-state index in [1.165, 1.54) is 35.9 Å². The number of thioether (sulfide) groups is 1. The average Bonchev–Trinajstić information content (AvgIpc) is 3.28. The second-order valence-electron chi connectivity index (χ2n) is 8.95. The average molecular weight is 529 g/mol. The fourth-order valence-electron chi connectivity index (χ4n) is 4.33. The van der Waals surface area contributed by atoms with Crippen LogP contribution in [0.3, 0.4) is 0 Å². The van der Waals surface area contributed by atoms with Gasteiger partial charge in [-0.1, -0.05) is 31.5 Å². The molecule has 1 aliphatic heterocycles. The van der Waals surface area contributed by atoms with E-state index in [0.717, 1.165) is 60.2 Å². The fraction of sp³-hybridized carbons (Fsp3) is 0.500. The van der Waals surface area contributed by atoms with Gasteiger partial charge in [0, 0.05) is 23.1 Å². The summed E-state index contributed by atoms with van der Waals surface area (Å²) in [5.74, 6) is 2.24. The van der Waals surface area contributed by atoms with Crippen molar-refractivity contribution in [2.45, 2.75) is 56.4 Å². The van der Waals surface area contributed by atoms with Crippen molar-refractivity contribution < 1.29 is 9.47 Å². The van der Waals surface area contributed by atoms with Crippen LogP contribution in [0.25, 0.3) is 10.6 Å². The van der Waals surface area contributed by atoms with Crippen LogP contribution in [0.15, 0.2) is 29.4 Å². The zero-order valence-electron chi connectivity index (χ0n) is 21.3. The maximum Gasteiger partial charge on any atom is 0.192 e. The van der Waals surface area contributed by atoms with Crippen LogP contribution in [0.5, 0.6) is 11.5 Å². The zero-order valence-corrected chi connectivity index (χ0v) is 23.0. The summed E-state index contributed by atoms with van der Waals surface area (Å²) >= 11 is 3.25. The molecule has 3 heterocycles. The van der Waals surface area contributed by atoms with Gasteiger partial charge in [0.1, 0.15) is 23.3 Å². The molecule has 1 aliphatic rings. The van der Waals surface area contributed by atoms with Crippen LogP contribution in [-0.2, 0) is 6.42 Å². The minimum absolute atomic E-state index is 0.0521. The molecule has 0 spiro atoms. The number of hydrogen-bond donors (Lipinski definition) is 2. The number of aromatic nitrogens is 3. The van der Waals surface area contributed by atoms with Crippen LogP contribution in [0.2, 0.25) is 0 Å². The van der Waals surface area contributed by atoms with E-state index in [9.17, 15) is 0 Å². The normalized spacial score (nSPS) is 15.1. The highest BCUT2D eigenvalue weighted by molar-refractivity contribution is 7.99. The first-order valence-electron chi connectivity index (χ1n) is 12.6. The van der Waals surface area contributed by atoms with E-state index in [4.69, 9.17) is 25.9 Å². The summed E-state index contributed by atoms with van der Waals surface area (Å²) in [7, 11) is 1.68. The number of nitrogens with zero attached hydrogens (tertiary/aromatic N) is 4. The molecule has 0 bridgehead atoms. The summed E-state index contributed by atoms with van der Waals surface area (Å²) < 4.78 is 11.8. The number of methoxy groups -OCH3 is 1. The molecule has 10 heteroatoms. The zero-order chi connectivity index (χ0) is 25.5. The number of likely N-dealkylation sites (tertiary alicyclic amines) is 1. The van der Waals surface area contributed by atoms with E-state index in [0.29, 0.717) is 23.4 Å². The Kier molecular flexibility index (Phi) is 9.28. The van der Waals surface area contributed by atoms with Crippen LogP contribution in [0.4, 0.5) is 11.6 Å². The second-order valence-corrected chi connectivity index (χ2v) is 11.3. The number of nitrogens with two attached hydrogens (primary N) is 2. The molecule has 1 saturated heterocycles. The Hall–Kier alpha value is -2.56. The number of hydrogen-bond acceptors (Lipinski definition) is 10. The predicted octanol–water partition coefficient (Wildman–Crippen LogP) is 5.44. The monoisotopic (exact) mass is 528 g/mol. The van der Waals surface area contributed by atoms with Gasteiger partial charge in [-0.15, -0.1) is 11.3 Å². The summed E-state index contributed by atoms with van der Waals surface area (Å²) in [6.07, 6.45) is 5.90. The van der Waals surface area contributed by atoms with Crippen molar-refractivity contribution in [3.8, 4) is 22.1 Å². The van der Waals surface area contributed by atoms with Crippen molar-refractivity contribution >= 4 is 34.7 Å². The Morgan fingerprint density at radius 2 is 1.81 bits per heavy atom. The van der Waals surface area contributed by atoms with Crippen molar-refractivity contribution in [2.24, 2.45) is 0 Å². The van der Waals surface area contributed by atoms with E-state index in [1.807, 2.05) is 18.2 Å². The van der Waals surface area contributed by atoms with E-state index in [-0.39, 0.29) is 5.25 Å². The lowest BCUT2D eigenvalue weighted by Crippen LogP contribution is -2.33. The standard InChI is InChI=1S/C26H36N6O2S2/c1-4-8-21-24(17(2)35-26-29-22(27)16-23(28)30-26)31-25(36-21)18-9-10-19(33-3)20(15-18)34-14-13-32-11-6-5-7-12-32/h9-10,15-17H,4-8,11-14H2,1-3H3,(H4,27,28,29,30). The lowest BCUT2D eigenvalue weighted by atomic mass is 10.1. The van der Waals surface area contributed by atoms with E-state index < -0.39 is 0 Å². The highest BCUT2D eigenvalue weighted by Gasteiger charge is 2.21. The molecular weight excluding hydrogens is 492 g/mol. The van der Waals surface area contributed by atoms with Gasteiger partial charge in [-0.25, -0.2) is 15.0 Å². The third-order valence-electron chi connectivity index (χ3n) is 6.14. The smallest absolute Gasteiger partial charge is 0.192 e. The van der Waals surface area contributed by atoms with Crippen LogP contribution < -0.4 is 20.9 Å². The Bertz CT molecular complexity index is 1130. The molecule has 36 heavy (non-hydrogen) atoms. The number of piperidine rings is 1. The fourth-order valence-corrected chi connectivity index (χ4v) is 6.60. The molecule has 1 atom stereocenters. The van der Waals surface area contributed by atoms with Gasteiger partial charge in [-0.3, -0.25) is 4.90 Å². The lowest BCUT2D eigenvalue weighted by Gasteiger charge is -2.26. The molecule has 2 aromatic heterocycles. The summed E-state index contributed by atoms with van der Waals surface area (Å²) in [6, 6.07) is 7.63. The number of rotatable bonds is 11. The molecule has 4 rings (SSSR count). The molecule has 194 valence electrons. The van der Waals surface area contributed by atoms with Gasteiger partial charge in [0.05, 0.1) is 18.1 Å². The topological polar surface area (TPSA) is 112 Å². The molecule has 0 aliphatic carbocycles. The second kappa shape index (κ2) is 12.6. The molecule has 3 aromatic rings. The van der Waals surface area contributed by atoms with Gasteiger partial charge in [0.25, 0.3) is 0 Å². The third kappa shape index (κ3) is 6.80. The molecule has 0 amide bonds. The van der Waals surface area contributed by atoms with Crippen molar-refractivity contribution in [3.63, 3.8) is 0 Å². The Labute approximate surface area is 221 Å². The number of aryl methyl sites for hydroxylation is 1. The van der Waals surface area contributed by atoms with Crippen molar-refractivity contribution in [1.29, 1.82) is 0 Å². The Morgan fingerprint density at radius 1 is 1.06 bits per heavy atom.